The zero-order chi connectivity index (χ0) is 7.56. The summed E-state index contributed by atoms with van der Waals surface area (Å²) in [6, 6.07) is -0.301. The smallest absolute Gasteiger partial charge is 0.251 e. The second-order valence-corrected chi connectivity index (χ2v) is 2.66. The lowest BCUT2D eigenvalue weighted by atomic mass is 10.2. The maximum absolute atomic E-state index is 10.8. The normalized spacial score (nSPS) is 24.1. The minimum atomic E-state index is -0.301. The van der Waals surface area contributed by atoms with Crippen molar-refractivity contribution in [3.8, 4) is 0 Å². The lowest BCUT2D eigenvalue weighted by Gasteiger charge is -2.04. The molecule has 0 aromatic rings. The average Bonchev–Trinajstić information content (AvgIpc) is 2.34. The molecule has 10 heavy (non-hydrogen) atoms. The van der Waals surface area contributed by atoms with Gasteiger partial charge in [-0.25, -0.2) is 0 Å². The molecule has 0 aliphatic carbocycles. The van der Waals surface area contributed by atoms with E-state index in [2.05, 4.69) is 8.85 Å². The zero-order valence-corrected chi connectivity index (χ0v) is 7.34. The molecule has 1 aliphatic rings. The number of carbonyl (C=O) groups excluding carboxylic acids is 2. The van der Waals surface area contributed by atoms with Gasteiger partial charge in [0.25, 0.3) is 5.91 Å². The Balaban J connectivity index is 2.44. The highest BCUT2D eigenvalue weighted by Gasteiger charge is 2.26. The number of rotatable bonds is 1. The van der Waals surface area contributed by atoms with Crippen molar-refractivity contribution < 1.29 is 9.59 Å². The van der Waals surface area contributed by atoms with E-state index >= 15 is 0 Å². The number of halogens is 1. The molecule has 0 radical (unpaired) electrons. The summed E-state index contributed by atoms with van der Waals surface area (Å²) in [5.41, 5.74) is 0. The van der Waals surface area contributed by atoms with Gasteiger partial charge in [0, 0.05) is 6.42 Å². The highest BCUT2D eigenvalue weighted by molar-refractivity contribution is 14.1. The summed E-state index contributed by atoms with van der Waals surface area (Å²) >= 11 is 1.76. The average molecular weight is 254 g/mol. The third-order valence-corrected chi connectivity index (χ3v) is 1.94. The van der Waals surface area contributed by atoms with Crippen molar-refractivity contribution in [3.05, 3.63) is 0 Å². The third-order valence-electron chi connectivity index (χ3n) is 1.40. The Morgan fingerprint density at radius 2 is 2.50 bits per heavy atom. The maximum atomic E-state index is 10.8. The van der Waals surface area contributed by atoms with Crippen molar-refractivity contribution in [2.75, 3.05) is 0 Å². The van der Waals surface area contributed by atoms with E-state index in [-0.39, 0.29) is 17.9 Å². The van der Waals surface area contributed by atoms with Crippen molar-refractivity contribution in [3.63, 3.8) is 0 Å². The van der Waals surface area contributed by atoms with Gasteiger partial charge in [-0.3, -0.25) is 13.1 Å². The number of nitrogens with one attached hydrogen (secondary N) is 2. The second-order valence-electron chi connectivity index (χ2n) is 2.12. The first-order chi connectivity index (χ1) is 4.74. The molecule has 0 bridgehead atoms. The van der Waals surface area contributed by atoms with E-state index < -0.39 is 0 Å². The van der Waals surface area contributed by atoms with Crippen molar-refractivity contribution in [2.24, 2.45) is 0 Å². The largest absolute Gasteiger partial charge is 0.344 e. The Hall–Kier alpha value is -0.330. The molecule has 2 amide bonds. The standard InChI is InChI=1S/C5H7IN2O2/c6-8-5(10)3-1-2-4(9)7-3/h3H,1-2H2,(H,7,9)(H,8,10). The van der Waals surface area contributed by atoms with E-state index in [0.29, 0.717) is 12.8 Å². The molecule has 1 saturated heterocycles. The fourth-order valence-electron chi connectivity index (χ4n) is 0.877. The molecular weight excluding hydrogens is 247 g/mol. The molecule has 1 atom stereocenters. The van der Waals surface area contributed by atoms with Crippen molar-refractivity contribution in [1.29, 1.82) is 0 Å². The van der Waals surface area contributed by atoms with E-state index in [1.807, 2.05) is 0 Å². The molecule has 2 N–H and O–H groups in total. The van der Waals surface area contributed by atoms with Crippen LogP contribution in [0.4, 0.5) is 0 Å². The molecule has 0 saturated carbocycles. The van der Waals surface area contributed by atoms with Crippen LogP contribution in [0, 0.1) is 0 Å². The third kappa shape index (κ3) is 1.59. The van der Waals surface area contributed by atoms with Crippen LogP contribution >= 0.6 is 22.9 Å². The first-order valence-electron chi connectivity index (χ1n) is 2.94. The predicted molar refractivity (Wildman–Crippen MR) is 43.3 cm³/mol. The Kier molecular flexibility index (Phi) is 2.47. The second kappa shape index (κ2) is 3.18. The zero-order valence-electron chi connectivity index (χ0n) is 5.19. The van der Waals surface area contributed by atoms with Crippen molar-refractivity contribution >= 4 is 34.7 Å². The van der Waals surface area contributed by atoms with Gasteiger partial charge in [-0.1, -0.05) is 0 Å². The molecule has 0 aromatic carbocycles. The minimum absolute atomic E-state index is 0.0370. The topological polar surface area (TPSA) is 58.2 Å². The molecule has 1 unspecified atom stereocenters. The Morgan fingerprint density at radius 1 is 1.80 bits per heavy atom. The van der Waals surface area contributed by atoms with E-state index in [0.717, 1.165) is 0 Å². The molecule has 0 spiro atoms. The highest BCUT2D eigenvalue weighted by atomic mass is 127. The van der Waals surface area contributed by atoms with Gasteiger partial charge in [-0.15, -0.1) is 0 Å². The molecular formula is C5H7IN2O2. The van der Waals surface area contributed by atoms with Crippen LogP contribution in [0.5, 0.6) is 0 Å². The quantitative estimate of drug-likeness (QED) is 0.500. The summed E-state index contributed by atoms with van der Waals surface area (Å²) in [7, 11) is 0. The van der Waals surface area contributed by atoms with E-state index in [9.17, 15) is 9.59 Å². The van der Waals surface area contributed by atoms with Crippen LogP contribution < -0.4 is 8.85 Å². The number of hydrogen-bond donors (Lipinski definition) is 2. The van der Waals surface area contributed by atoms with Gasteiger partial charge in [-0.05, 0) is 6.42 Å². The fraction of sp³-hybridized carbons (Fsp3) is 0.600. The minimum Gasteiger partial charge on any atom is -0.344 e. The first kappa shape index (κ1) is 7.77. The van der Waals surface area contributed by atoms with E-state index in [4.69, 9.17) is 0 Å². The molecule has 1 rings (SSSR count). The van der Waals surface area contributed by atoms with Gasteiger partial charge in [0.2, 0.25) is 5.91 Å². The summed E-state index contributed by atoms with van der Waals surface area (Å²) in [6.07, 6.45) is 1.09. The van der Waals surface area contributed by atoms with Gasteiger partial charge in [0.1, 0.15) is 6.04 Å². The van der Waals surface area contributed by atoms with E-state index in [1.54, 1.807) is 22.9 Å². The summed E-state index contributed by atoms with van der Waals surface area (Å²) in [6.45, 7) is 0. The first-order valence-corrected chi connectivity index (χ1v) is 4.02. The van der Waals surface area contributed by atoms with Crippen molar-refractivity contribution in [2.45, 2.75) is 18.9 Å². The Bertz CT molecular complexity index is 171. The van der Waals surface area contributed by atoms with E-state index in [1.165, 1.54) is 0 Å². The van der Waals surface area contributed by atoms with Gasteiger partial charge < -0.3 is 5.32 Å². The van der Waals surface area contributed by atoms with Crippen LogP contribution in [0.15, 0.2) is 0 Å². The number of hydrogen-bond acceptors (Lipinski definition) is 2. The fourth-order valence-corrected chi connectivity index (χ4v) is 1.25. The van der Waals surface area contributed by atoms with Crippen LogP contribution in [0.3, 0.4) is 0 Å². The van der Waals surface area contributed by atoms with Gasteiger partial charge in [0.15, 0.2) is 0 Å². The summed E-state index contributed by atoms with van der Waals surface area (Å²) in [4.78, 5) is 21.4. The molecule has 4 nitrogen and oxygen atoms in total. The molecule has 1 heterocycles. The molecule has 5 heteroatoms. The Labute approximate surface area is 72.2 Å². The van der Waals surface area contributed by atoms with Gasteiger partial charge in [-0.2, -0.15) is 0 Å². The van der Waals surface area contributed by atoms with Crippen LogP contribution in [-0.4, -0.2) is 17.9 Å². The predicted octanol–water partition coefficient (Wildman–Crippen LogP) is -0.269. The van der Waals surface area contributed by atoms with Crippen molar-refractivity contribution in [1.82, 2.24) is 8.85 Å². The molecule has 1 fully saturated rings. The van der Waals surface area contributed by atoms with Crippen LogP contribution in [0.1, 0.15) is 12.8 Å². The summed E-state index contributed by atoms with van der Waals surface area (Å²) in [5, 5.41) is 2.55. The Morgan fingerprint density at radius 3 is 2.90 bits per heavy atom. The van der Waals surface area contributed by atoms with Crippen LogP contribution in [0.25, 0.3) is 0 Å². The SMILES string of the molecule is O=C1CCC(C(=O)NI)N1. The van der Waals surface area contributed by atoms with Gasteiger partial charge in [0.05, 0.1) is 22.9 Å². The van der Waals surface area contributed by atoms with Crippen LogP contribution in [0.2, 0.25) is 0 Å². The van der Waals surface area contributed by atoms with Gasteiger partial charge >= 0.3 is 0 Å². The highest BCUT2D eigenvalue weighted by Crippen LogP contribution is 2.06. The molecule has 56 valence electrons. The van der Waals surface area contributed by atoms with Crippen LogP contribution in [-0.2, 0) is 9.59 Å². The lowest BCUT2D eigenvalue weighted by Crippen LogP contribution is -2.37. The molecule has 0 aromatic heterocycles. The maximum Gasteiger partial charge on any atom is 0.251 e. The lowest BCUT2D eigenvalue weighted by molar-refractivity contribution is -0.124. The number of carbonyl (C=O) groups is 2. The summed E-state index contributed by atoms with van der Waals surface area (Å²) in [5.74, 6) is -0.156. The summed E-state index contributed by atoms with van der Waals surface area (Å²) < 4.78 is 2.44. The number of amides is 2. The monoisotopic (exact) mass is 254 g/mol. The molecule has 1 aliphatic heterocycles.